The topological polar surface area (TPSA) is 37.6 Å². The highest BCUT2D eigenvalue weighted by atomic mass is 79.9. The van der Waals surface area contributed by atoms with Crippen molar-refractivity contribution >= 4 is 27.5 Å². The second kappa shape index (κ2) is 6.92. The molecule has 0 saturated heterocycles. The van der Waals surface area contributed by atoms with Gasteiger partial charge in [0.15, 0.2) is 5.65 Å². The van der Waals surface area contributed by atoms with Gasteiger partial charge in [0, 0.05) is 19.3 Å². The molecule has 0 atom stereocenters. The normalized spacial score (nSPS) is 10.7. The van der Waals surface area contributed by atoms with Crippen molar-refractivity contribution in [1.82, 2.24) is 14.3 Å². The Morgan fingerprint density at radius 2 is 2.05 bits per heavy atom. The summed E-state index contributed by atoms with van der Waals surface area (Å²) in [6.45, 7) is 12.4. The zero-order valence-electron chi connectivity index (χ0n) is 13.0. The molecule has 0 aliphatic carbocycles. The van der Waals surface area contributed by atoms with Crippen LogP contribution >= 0.6 is 15.9 Å². The second-order valence-electron chi connectivity index (χ2n) is 5.11. The Labute approximate surface area is 139 Å². The van der Waals surface area contributed by atoms with Crippen LogP contribution in [0, 0.1) is 6.92 Å². The summed E-state index contributed by atoms with van der Waals surface area (Å²) >= 11 is 3.53. The number of fused-ring (bicyclic) bond motifs is 1. The van der Waals surface area contributed by atoms with Crippen LogP contribution in [0.4, 0.5) is 0 Å². The molecule has 4 nitrogen and oxygen atoms in total. The zero-order valence-corrected chi connectivity index (χ0v) is 14.6. The van der Waals surface area contributed by atoms with Crippen molar-refractivity contribution < 1.29 is 4.79 Å². The van der Waals surface area contributed by atoms with Crippen molar-refractivity contribution in [3.05, 3.63) is 59.0 Å². The highest BCUT2D eigenvalue weighted by Crippen LogP contribution is 2.24. The van der Waals surface area contributed by atoms with Gasteiger partial charge >= 0.3 is 0 Å². The third-order valence-electron chi connectivity index (χ3n) is 3.41. The summed E-state index contributed by atoms with van der Waals surface area (Å²) < 4.78 is 2.76. The number of nitrogens with zero attached hydrogens (tertiary/aromatic N) is 3. The lowest BCUT2D eigenvalue weighted by Gasteiger charge is -2.19. The predicted octanol–water partition coefficient (Wildman–Crippen LogP) is 3.78. The molecule has 0 saturated carbocycles. The first-order chi connectivity index (χ1) is 10.5. The molecule has 2 rings (SSSR count). The van der Waals surface area contributed by atoms with Gasteiger partial charge in [0.05, 0.1) is 10.2 Å². The predicted molar refractivity (Wildman–Crippen MR) is 93.3 cm³/mol. The number of halogens is 1. The molecular formula is C17H20BrN3O. The van der Waals surface area contributed by atoms with Crippen LogP contribution in [0.3, 0.4) is 0 Å². The van der Waals surface area contributed by atoms with Crippen LogP contribution in [0.25, 0.3) is 5.65 Å². The van der Waals surface area contributed by atoms with Crippen molar-refractivity contribution in [1.29, 1.82) is 0 Å². The fourth-order valence-electron chi connectivity index (χ4n) is 2.45. The lowest BCUT2D eigenvalue weighted by Crippen LogP contribution is -2.32. The van der Waals surface area contributed by atoms with E-state index >= 15 is 0 Å². The molecule has 0 aliphatic rings. The third-order valence-corrected chi connectivity index (χ3v) is 3.99. The molecule has 2 aromatic heterocycles. The monoisotopic (exact) mass is 361 g/mol. The van der Waals surface area contributed by atoms with E-state index in [1.165, 1.54) is 0 Å². The Morgan fingerprint density at radius 3 is 2.59 bits per heavy atom. The second-order valence-corrected chi connectivity index (χ2v) is 5.96. The van der Waals surface area contributed by atoms with Crippen LogP contribution in [-0.4, -0.2) is 33.3 Å². The number of imidazole rings is 1. The van der Waals surface area contributed by atoms with E-state index in [-0.39, 0.29) is 5.91 Å². The molecule has 0 aliphatic heterocycles. The molecule has 0 radical (unpaired) electrons. The molecule has 22 heavy (non-hydrogen) atoms. The van der Waals surface area contributed by atoms with E-state index < -0.39 is 0 Å². The molecular weight excluding hydrogens is 342 g/mol. The first-order valence-electron chi connectivity index (χ1n) is 7.21. The van der Waals surface area contributed by atoms with Crippen LogP contribution in [0.15, 0.2) is 42.0 Å². The molecule has 5 heteroatoms. The fraction of sp³-hybridized carbons (Fsp3) is 0.294. The van der Waals surface area contributed by atoms with Gasteiger partial charge in [-0.15, -0.1) is 13.2 Å². The van der Waals surface area contributed by atoms with Crippen LogP contribution in [0.5, 0.6) is 0 Å². The highest BCUT2D eigenvalue weighted by molar-refractivity contribution is 9.10. The highest BCUT2D eigenvalue weighted by Gasteiger charge is 2.23. The van der Waals surface area contributed by atoms with Crippen LogP contribution in [-0.2, 0) is 6.42 Å². The third kappa shape index (κ3) is 2.99. The number of carbonyl (C=O) groups is 1. The number of aryl methyl sites for hydroxylation is 2. The van der Waals surface area contributed by atoms with Gasteiger partial charge in [-0.2, -0.15) is 0 Å². The summed E-state index contributed by atoms with van der Waals surface area (Å²) in [5.74, 6) is -0.0540. The fourth-order valence-corrected chi connectivity index (χ4v) is 3.09. The van der Waals surface area contributed by atoms with E-state index in [1.54, 1.807) is 17.1 Å². The van der Waals surface area contributed by atoms with E-state index in [1.807, 2.05) is 30.5 Å². The smallest absolute Gasteiger partial charge is 0.273 e. The van der Waals surface area contributed by atoms with Gasteiger partial charge in [0.1, 0.15) is 5.69 Å². The van der Waals surface area contributed by atoms with Gasteiger partial charge in [0.2, 0.25) is 0 Å². The number of aromatic nitrogens is 2. The molecule has 0 bridgehead atoms. The summed E-state index contributed by atoms with van der Waals surface area (Å²) in [5.41, 5.74) is 3.25. The molecule has 1 amide bonds. The van der Waals surface area contributed by atoms with Crippen LogP contribution in [0.1, 0.15) is 28.7 Å². The molecule has 0 fully saturated rings. The molecule has 0 unspecified atom stereocenters. The standard InChI is InChI=1S/C17H20BrN3O/c1-5-8-20(9-6-2)17(22)15-14(7-3)19-16-13(18)10-12(4)11-21(15)16/h5-6,10-11H,1-2,7-9H2,3-4H3. The average molecular weight is 362 g/mol. The summed E-state index contributed by atoms with van der Waals surface area (Å²) in [6.07, 6.45) is 6.08. The number of pyridine rings is 1. The average Bonchev–Trinajstić information content (AvgIpc) is 2.85. The van der Waals surface area contributed by atoms with Crippen molar-refractivity contribution in [2.45, 2.75) is 20.3 Å². The van der Waals surface area contributed by atoms with E-state index in [2.05, 4.69) is 34.1 Å². The molecule has 116 valence electrons. The summed E-state index contributed by atoms with van der Waals surface area (Å²) in [6, 6.07) is 2.00. The van der Waals surface area contributed by atoms with Crippen LogP contribution in [0.2, 0.25) is 0 Å². The largest absolute Gasteiger partial charge is 0.330 e. The Bertz CT molecular complexity index is 723. The zero-order chi connectivity index (χ0) is 16.3. The van der Waals surface area contributed by atoms with Crippen molar-refractivity contribution in [3.63, 3.8) is 0 Å². The molecule has 2 heterocycles. The minimum absolute atomic E-state index is 0.0540. The maximum absolute atomic E-state index is 13.0. The molecule has 0 aromatic carbocycles. The molecule has 0 N–H and O–H groups in total. The Kier molecular flexibility index (Phi) is 5.19. The van der Waals surface area contributed by atoms with Crippen molar-refractivity contribution in [2.24, 2.45) is 0 Å². The maximum atomic E-state index is 13.0. The Morgan fingerprint density at radius 1 is 1.41 bits per heavy atom. The lowest BCUT2D eigenvalue weighted by atomic mass is 10.2. The van der Waals surface area contributed by atoms with E-state index in [4.69, 9.17) is 0 Å². The SMILES string of the molecule is C=CCN(CC=C)C(=O)c1c(CC)nc2c(Br)cc(C)cn12. The number of hydrogen-bond acceptors (Lipinski definition) is 2. The maximum Gasteiger partial charge on any atom is 0.273 e. The number of hydrogen-bond donors (Lipinski definition) is 0. The van der Waals surface area contributed by atoms with Gasteiger partial charge in [-0.3, -0.25) is 9.20 Å². The van der Waals surface area contributed by atoms with Gasteiger partial charge in [0.25, 0.3) is 5.91 Å². The number of amides is 1. The van der Waals surface area contributed by atoms with E-state index in [9.17, 15) is 4.79 Å². The lowest BCUT2D eigenvalue weighted by molar-refractivity contribution is 0.0783. The summed E-state index contributed by atoms with van der Waals surface area (Å²) in [5, 5.41) is 0. The summed E-state index contributed by atoms with van der Waals surface area (Å²) in [7, 11) is 0. The van der Waals surface area contributed by atoms with E-state index in [0.29, 0.717) is 25.2 Å². The Hall–Kier alpha value is -1.88. The quantitative estimate of drug-likeness (QED) is 0.734. The van der Waals surface area contributed by atoms with Gasteiger partial charge in [-0.05, 0) is 40.9 Å². The van der Waals surface area contributed by atoms with E-state index in [0.717, 1.165) is 21.4 Å². The molecule has 0 spiro atoms. The Balaban J connectivity index is 2.64. The van der Waals surface area contributed by atoms with Crippen LogP contribution < -0.4 is 0 Å². The molecule has 2 aromatic rings. The van der Waals surface area contributed by atoms with Crippen molar-refractivity contribution in [3.8, 4) is 0 Å². The van der Waals surface area contributed by atoms with Gasteiger partial charge < -0.3 is 4.90 Å². The number of rotatable bonds is 6. The number of carbonyl (C=O) groups excluding carboxylic acids is 1. The first-order valence-corrected chi connectivity index (χ1v) is 8.00. The minimum atomic E-state index is -0.0540. The minimum Gasteiger partial charge on any atom is -0.330 e. The summed E-state index contributed by atoms with van der Waals surface area (Å²) in [4.78, 5) is 19.3. The van der Waals surface area contributed by atoms with Crippen molar-refractivity contribution in [2.75, 3.05) is 13.1 Å². The van der Waals surface area contributed by atoms with Gasteiger partial charge in [-0.1, -0.05) is 19.1 Å². The van der Waals surface area contributed by atoms with Gasteiger partial charge in [-0.25, -0.2) is 4.98 Å². The first kappa shape index (κ1) is 16.5.